The Morgan fingerprint density at radius 1 is 1.30 bits per heavy atom. The lowest BCUT2D eigenvalue weighted by Crippen LogP contribution is -2.55. The van der Waals surface area contributed by atoms with E-state index in [1.165, 1.54) is 6.07 Å². The zero-order valence-electron chi connectivity index (χ0n) is 16.2. The number of benzene rings is 1. The molecule has 1 amide bonds. The fourth-order valence-corrected chi connectivity index (χ4v) is 3.44. The summed E-state index contributed by atoms with van der Waals surface area (Å²) in [5.74, 6) is 0.653. The Morgan fingerprint density at radius 2 is 2.00 bits per heavy atom. The molecule has 0 bridgehead atoms. The van der Waals surface area contributed by atoms with Gasteiger partial charge < -0.3 is 14.5 Å². The maximum absolute atomic E-state index is 14.3. The van der Waals surface area contributed by atoms with Crippen LogP contribution in [0.25, 0.3) is 10.9 Å². The molecule has 1 saturated heterocycles. The third-order valence-corrected chi connectivity index (χ3v) is 4.58. The first kappa shape index (κ1) is 19.6. The minimum Gasteiger partial charge on any atom is -0.444 e. The summed E-state index contributed by atoms with van der Waals surface area (Å²) in [4.78, 5) is 24.9. The third-order valence-electron chi connectivity index (χ3n) is 4.36. The second-order valence-electron chi connectivity index (χ2n) is 7.85. The number of hydrogen-bond acceptors (Lipinski definition) is 5. The van der Waals surface area contributed by atoms with Gasteiger partial charge in [0.05, 0.1) is 0 Å². The van der Waals surface area contributed by atoms with Gasteiger partial charge in [-0.3, -0.25) is 0 Å². The number of carbonyl (C=O) groups is 1. The molecule has 27 heavy (non-hydrogen) atoms. The van der Waals surface area contributed by atoms with E-state index in [1.54, 1.807) is 17.9 Å². The van der Waals surface area contributed by atoms with Crippen molar-refractivity contribution < 1.29 is 13.9 Å². The summed E-state index contributed by atoms with van der Waals surface area (Å²) in [6, 6.07) is 2.91. The molecule has 0 radical (unpaired) electrons. The Morgan fingerprint density at radius 3 is 2.63 bits per heavy atom. The van der Waals surface area contributed by atoms with E-state index in [2.05, 4.69) is 14.9 Å². The average molecular weight is 395 g/mol. The minimum absolute atomic E-state index is 0.0224. The fourth-order valence-electron chi connectivity index (χ4n) is 3.23. The second-order valence-corrected chi connectivity index (χ2v) is 8.28. The van der Waals surface area contributed by atoms with Crippen LogP contribution in [0.2, 0.25) is 5.02 Å². The minimum atomic E-state index is -0.536. The Kier molecular flexibility index (Phi) is 5.16. The number of amides is 1. The molecule has 1 fully saturated rings. The summed E-state index contributed by atoms with van der Waals surface area (Å²) in [7, 11) is 0. The SMILES string of the molecule is Cc1nc(N2CCN(C(=O)OC(C)(C)C)C[C@@H]2C)c2cc(Cl)cc(F)c2n1. The first-order chi connectivity index (χ1) is 12.5. The predicted molar refractivity (Wildman–Crippen MR) is 104 cm³/mol. The number of ether oxygens (including phenoxy) is 1. The molecule has 1 aromatic carbocycles. The van der Waals surface area contributed by atoms with Gasteiger partial charge in [-0.05, 0) is 46.8 Å². The molecule has 0 aliphatic carbocycles. The van der Waals surface area contributed by atoms with E-state index in [9.17, 15) is 9.18 Å². The number of nitrogens with zero attached hydrogens (tertiary/aromatic N) is 4. The van der Waals surface area contributed by atoms with Gasteiger partial charge in [0.1, 0.15) is 22.8 Å². The highest BCUT2D eigenvalue weighted by atomic mass is 35.5. The molecule has 2 aromatic rings. The molecule has 146 valence electrons. The topological polar surface area (TPSA) is 58.6 Å². The van der Waals surface area contributed by atoms with Crippen molar-refractivity contribution in [3.8, 4) is 0 Å². The van der Waals surface area contributed by atoms with Gasteiger partial charge in [0.2, 0.25) is 0 Å². The fraction of sp³-hybridized carbons (Fsp3) is 0.526. The normalized spacial score (nSPS) is 18.1. The molecule has 1 atom stereocenters. The van der Waals surface area contributed by atoms with Gasteiger partial charge in [-0.25, -0.2) is 19.2 Å². The highest BCUT2D eigenvalue weighted by Crippen LogP contribution is 2.31. The summed E-state index contributed by atoms with van der Waals surface area (Å²) in [6.07, 6.45) is -0.327. The lowest BCUT2D eigenvalue weighted by Gasteiger charge is -2.41. The van der Waals surface area contributed by atoms with Crippen LogP contribution in [0.5, 0.6) is 0 Å². The first-order valence-corrected chi connectivity index (χ1v) is 9.31. The van der Waals surface area contributed by atoms with E-state index in [1.807, 2.05) is 27.7 Å². The van der Waals surface area contributed by atoms with Crippen molar-refractivity contribution in [1.82, 2.24) is 14.9 Å². The monoisotopic (exact) mass is 394 g/mol. The molecule has 1 aliphatic heterocycles. The van der Waals surface area contributed by atoms with Crippen molar-refractivity contribution in [2.75, 3.05) is 24.5 Å². The maximum atomic E-state index is 14.3. The highest BCUT2D eigenvalue weighted by molar-refractivity contribution is 6.31. The number of anilines is 1. The largest absolute Gasteiger partial charge is 0.444 e. The zero-order valence-corrected chi connectivity index (χ0v) is 17.0. The standard InChI is InChI=1S/C19H24ClFN4O2/c1-11-10-24(18(26)27-19(3,4)5)6-7-25(11)17-14-8-13(20)9-15(21)16(14)22-12(2)23-17/h8-9,11H,6-7,10H2,1-5H3/t11-/m0/s1. The number of hydrogen-bond donors (Lipinski definition) is 0. The first-order valence-electron chi connectivity index (χ1n) is 8.93. The van der Waals surface area contributed by atoms with E-state index >= 15 is 0 Å². The highest BCUT2D eigenvalue weighted by Gasteiger charge is 2.31. The Balaban J connectivity index is 1.90. The Hall–Kier alpha value is -2.15. The van der Waals surface area contributed by atoms with Crippen LogP contribution in [-0.2, 0) is 4.74 Å². The number of rotatable bonds is 1. The van der Waals surface area contributed by atoms with Crippen LogP contribution in [-0.4, -0.2) is 52.2 Å². The molecule has 6 nitrogen and oxygen atoms in total. The van der Waals surface area contributed by atoms with Gasteiger partial charge in [0.15, 0.2) is 5.82 Å². The van der Waals surface area contributed by atoms with Crippen molar-refractivity contribution >= 4 is 34.4 Å². The number of halogens is 2. The van der Waals surface area contributed by atoms with Gasteiger partial charge in [-0.15, -0.1) is 0 Å². The zero-order chi connectivity index (χ0) is 19.9. The summed E-state index contributed by atoms with van der Waals surface area (Å²) in [5.41, 5.74) is -0.283. The van der Waals surface area contributed by atoms with Crippen LogP contribution >= 0.6 is 11.6 Å². The van der Waals surface area contributed by atoms with Crippen LogP contribution in [0.4, 0.5) is 15.0 Å². The van der Waals surface area contributed by atoms with Crippen molar-refractivity contribution in [3.05, 3.63) is 28.8 Å². The summed E-state index contributed by atoms with van der Waals surface area (Å²) in [6.45, 7) is 10.8. The van der Waals surface area contributed by atoms with Gasteiger partial charge >= 0.3 is 6.09 Å². The number of aryl methyl sites for hydroxylation is 1. The van der Waals surface area contributed by atoms with Gasteiger partial charge in [-0.1, -0.05) is 11.6 Å². The van der Waals surface area contributed by atoms with Crippen molar-refractivity contribution in [2.45, 2.75) is 46.3 Å². The van der Waals surface area contributed by atoms with Gasteiger partial charge in [0.25, 0.3) is 0 Å². The quantitative estimate of drug-likeness (QED) is 0.726. The molecule has 0 N–H and O–H groups in total. The smallest absolute Gasteiger partial charge is 0.410 e. The molecule has 2 heterocycles. The third kappa shape index (κ3) is 4.24. The van der Waals surface area contributed by atoms with E-state index in [-0.39, 0.29) is 17.7 Å². The molecule has 3 rings (SSSR count). The van der Waals surface area contributed by atoms with E-state index in [4.69, 9.17) is 16.3 Å². The molecular weight excluding hydrogens is 371 g/mol. The number of fused-ring (bicyclic) bond motifs is 1. The molecular formula is C19H24ClFN4O2. The second kappa shape index (κ2) is 7.11. The van der Waals surface area contributed by atoms with Crippen LogP contribution < -0.4 is 4.90 Å². The molecule has 0 unspecified atom stereocenters. The van der Waals surface area contributed by atoms with Crippen LogP contribution in [0, 0.1) is 12.7 Å². The number of carbonyl (C=O) groups excluding carboxylic acids is 1. The Labute approximate surface area is 163 Å². The number of piperazine rings is 1. The van der Waals surface area contributed by atoms with Crippen molar-refractivity contribution in [1.29, 1.82) is 0 Å². The molecule has 0 saturated carbocycles. The van der Waals surface area contributed by atoms with E-state index in [0.29, 0.717) is 41.7 Å². The maximum Gasteiger partial charge on any atom is 0.410 e. The molecule has 1 aromatic heterocycles. The summed E-state index contributed by atoms with van der Waals surface area (Å²) < 4.78 is 19.8. The van der Waals surface area contributed by atoms with Crippen LogP contribution in [0.3, 0.4) is 0 Å². The summed E-state index contributed by atoms with van der Waals surface area (Å²) in [5, 5.41) is 0.872. The van der Waals surface area contributed by atoms with E-state index in [0.717, 1.165) is 0 Å². The lowest BCUT2D eigenvalue weighted by molar-refractivity contribution is 0.0218. The van der Waals surface area contributed by atoms with E-state index < -0.39 is 11.4 Å². The van der Waals surface area contributed by atoms with Gasteiger partial charge in [0, 0.05) is 36.1 Å². The van der Waals surface area contributed by atoms with Crippen LogP contribution in [0.1, 0.15) is 33.5 Å². The number of aromatic nitrogens is 2. The molecule has 1 aliphatic rings. The van der Waals surface area contributed by atoms with Crippen molar-refractivity contribution in [3.63, 3.8) is 0 Å². The van der Waals surface area contributed by atoms with Crippen molar-refractivity contribution in [2.24, 2.45) is 0 Å². The van der Waals surface area contributed by atoms with Gasteiger partial charge in [-0.2, -0.15) is 0 Å². The summed E-state index contributed by atoms with van der Waals surface area (Å²) >= 11 is 6.05. The Bertz CT molecular complexity index is 884. The predicted octanol–water partition coefficient (Wildman–Crippen LogP) is 4.18. The molecule has 8 heteroatoms. The molecule has 0 spiro atoms. The van der Waals surface area contributed by atoms with Crippen LogP contribution in [0.15, 0.2) is 12.1 Å². The lowest BCUT2D eigenvalue weighted by atomic mass is 10.1. The average Bonchev–Trinajstić information content (AvgIpc) is 2.53.